The highest BCUT2D eigenvalue weighted by molar-refractivity contribution is 8.76. The van der Waals surface area contributed by atoms with Crippen LogP contribution in [0.4, 0.5) is 27.9 Å². The summed E-state index contributed by atoms with van der Waals surface area (Å²) >= 11 is 1.15. The van der Waals surface area contributed by atoms with Gasteiger partial charge in [0, 0.05) is 58.7 Å². The van der Waals surface area contributed by atoms with E-state index in [9.17, 15) is 19.2 Å². The van der Waals surface area contributed by atoms with Gasteiger partial charge in [-0.15, -0.1) is 11.3 Å². The second-order valence-electron chi connectivity index (χ2n) is 13.0. The van der Waals surface area contributed by atoms with Gasteiger partial charge in [0.05, 0.1) is 31.0 Å². The average molecular weight is 773 g/mol. The summed E-state index contributed by atoms with van der Waals surface area (Å²) < 4.78 is 11.5. The fourth-order valence-electron chi connectivity index (χ4n) is 5.96. The average Bonchev–Trinajstić information content (AvgIpc) is 3.73. The van der Waals surface area contributed by atoms with Crippen LogP contribution in [0, 0.1) is 0 Å². The number of nitrogens with zero attached hydrogens (tertiary/aromatic N) is 3. The van der Waals surface area contributed by atoms with Crippen LogP contribution in [0.1, 0.15) is 65.9 Å². The Kier molecular flexibility index (Phi) is 12.1. The molecule has 1 atom stereocenters. The lowest BCUT2D eigenvalue weighted by Gasteiger charge is -2.22. The number of fused-ring (bicyclic) bond motifs is 4. The molecule has 2 aliphatic rings. The number of aromatic nitrogens is 1. The molecule has 6 rings (SSSR count). The van der Waals surface area contributed by atoms with Gasteiger partial charge in [-0.2, -0.15) is 0 Å². The number of methoxy groups -OCH3 is 1. The lowest BCUT2D eigenvalue weighted by molar-refractivity contribution is -0.117. The lowest BCUT2D eigenvalue weighted by atomic mass is 10.1. The molecule has 1 aromatic heterocycles. The quantitative estimate of drug-likeness (QED) is 0.0807. The molecule has 0 unspecified atom stereocenters. The molecule has 3 N–H and O–H groups in total. The third-order valence-electron chi connectivity index (χ3n) is 8.61. The standard InChI is InChI=1S/C38H40N6O6S3/c1-38(2,53-51-4)16-15-34(46)40-24-11-13-25(14-12-24)41-35(47)29-22-52-37(42-29)43-33(45)10-7-17-50-32-20-28-27(19-31(32)49-3)36(48)44-26(21-39-28)18-23-8-5-6-9-30(23)44/h5-6,8-9,11-14,19-22,26H,7,10,15-18H2,1-4H3,(H,40,46)(H,41,47)(H,42,43,45)/t26-/m0/s1. The normalized spacial score (nSPS) is 14.5. The number of carbonyl (C=O) groups excluding carboxylic acids is 4. The van der Waals surface area contributed by atoms with E-state index in [-0.39, 0.29) is 47.2 Å². The minimum absolute atomic E-state index is 0.00519. The highest BCUT2D eigenvalue weighted by Gasteiger charge is 2.36. The monoisotopic (exact) mass is 772 g/mol. The van der Waals surface area contributed by atoms with E-state index in [0.29, 0.717) is 58.5 Å². The van der Waals surface area contributed by atoms with Crippen molar-refractivity contribution in [3.8, 4) is 11.5 Å². The lowest BCUT2D eigenvalue weighted by Crippen LogP contribution is -2.37. The largest absolute Gasteiger partial charge is 0.493 e. The molecule has 3 heterocycles. The molecule has 0 bridgehead atoms. The van der Waals surface area contributed by atoms with Crippen molar-refractivity contribution < 1.29 is 28.7 Å². The SMILES string of the molecule is COc1cc2c(cc1OCCCC(=O)Nc1nc(C(=O)Nc3ccc(NC(=O)CCC(C)(C)SSC)cc3)cs1)N=C[C@@H]1Cc3ccccc3N1C2=O. The van der Waals surface area contributed by atoms with Gasteiger partial charge in [0.2, 0.25) is 11.8 Å². The zero-order valence-corrected chi connectivity index (χ0v) is 32.2. The molecule has 0 aliphatic carbocycles. The second kappa shape index (κ2) is 16.9. The van der Waals surface area contributed by atoms with Crippen LogP contribution >= 0.6 is 32.9 Å². The maximum absolute atomic E-state index is 13.6. The molecule has 12 nitrogen and oxygen atoms in total. The smallest absolute Gasteiger partial charge is 0.275 e. The molecule has 15 heteroatoms. The van der Waals surface area contributed by atoms with Crippen LogP contribution < -0.4 is 30.3 Å². The van der Waals surface area contributed by atoms with Gasteiger partial charge >= 0.3 is 0 Å². The maximum Gasteiger partial charge on any atom is 0.275 e. The highest BCUT2D eigenvalue weighted by atomic mass is 33.1. The molecule has 4 aromatic rings. The van der Waals surface area contributed by atoms with E-state index in [1.807, 2.05) is 30.5 Å². The van der Waals surface area contributed by atoms with Crippen molar-refractivity contribution in [3.05, 3.63) is 82.9 Å². The van der Waals surface area contributed by atoms with Crippen molar-refractivity contribution in [2.45, 2.75) is 56.7 Å². The number of ether oxygens (including phenoxy) is 2. The van der Waals surface area contributed by atoms with Gasteiger partial charge in [0.1, 0.15) is 5.69 Å². The van der Waals surface area contributed by atoms with E-state index < -0.39 is 5.91 Å². The molecule has 276 valence electrons. The number of aliphatic imine (C=N–C) groups is 1. The number of thiazole rings is 1. The van der Waals surface area contributed by atoms with Crippen LogP contribution in [0.25, 0.3) is 0 Å². The van der Waals surface area contributed by atoms with Gasteiger partial charge in [0.25, 0.3) is 11.8 Å². The maximum atomic E-state index is 13.6. The van der Waals surface area contributed by atoms with Gasteiger partial charge in [-0.25, -0.2) is 4.98 Å². The molecular formula is C38H40N6O6S3. The summed E-state index contributed by atoms with van der Waals surface area (Å²) in [5, 5.41) is 10.3. The number of benzene rings is 3. The molecule has 0 saturated carbocycles. The van der Waals surface area contributed by atoms with Crippen LogP contribution in [0.5, 0.6) is 11.5 Å². The summed E-state index contributed by atoms with van der Waals surface area (Å²) in [5.41, 5.74) is 4.26. The predicted octanol–water partition coefficient (Wildman–Crippen LogP) is 8.00. The summed E-state index contributed by atoms with van der Waals surface area (Å²) in [7, 11) is 4.95. The summed E-state index contributed by atoms with van der Waals surface area (Å²) in [4.78, 5) is 62.2. The summed E-state index contributed by atoms with van der Waals surface area (Å²) in [6, 6.07) is 17.9. The molecule has 0 radical (unpaired) electrons. The first-order valence-corrected chi connectivity index (χ1v) is 20.5. The van der Waals surface area contributed by atoms with Crippen LogP contribution in [0.3, 0.4) is 0 Å². The Labute approximate surface area is 319 Å². The van der Waals surface area contributed by atoms with Crippen LogP contribution in [-0.2, 0) is 16.0 Å². The van der Waals surface area contributed by atoms with E-state index in [0.717, 1.165) is 29.0 Å². The molecule has 3 aromatic carbocycles. The molecule has 4 amide bonds. The molecule has 0 fully saturated rings. The van der Waals surface area contributed by atoms with Gasteiger partial charge in [0.15, 0.2) is 16.6 Å². The number of hydrogen-bond donors (Lipinski definition) is 3. The predicted molar refractivity (Wildman–Crippen MR) is 215 cm³/mol. The number of amides is 4. The Morgan fingerprint density at radius 1 is 0.981 bits per heavy atom. The number of para-hydroxylation sites is 1. The van der Waals surface area contributed by atoms with Crippen LogP contribution in [0.2, 0.25) is 0 Å². The molecule has 0 spiro atoms. The van der Waals surface area contributed by atoms with Gasteiger partial charge in [-0.05, 0) is 74.9 Å². The molecular weight excluding hydrogens is 733 g/mol. The van der Waals surface area contributed by atoms with Crippen molar-refractivity contribution >= 4 is 90.6 Å². The van der Waals surface area contributed by atoms with E-state index >= 15 is 0 Å². The first-order chi connectivity index (χ1) is 25.5. The zero-order chi connectivity index (χ0) is 37.5. The Morgan fingerprint density at radius 3 is 2.47 bits per heavy atom. The first kappa shape index (κ1) is 37.9. The number of anilines is 4. The Morgan fingerprint density at radius 2 is 1.72 bits per heavy atom. The number of hydrogen-bond acceptors (Lipinski definition) is 11. The fourth-order valence-corrected chi connectivity index (χ4v) is 8.91. The molecule has 2 aliphatic heterocycles. The van der Waals surface area contributed by atoms with Crippen LogP contribution in [-0.4, -0.2) is 65.6 Å². The number of carbonyl (C=O) groups is 4. The van der Waals surface area contributed by atoms with Crippen molar-refractivity contribution in [1.82, 2.24) is 4.98 Å². The summed E-state index contributed by atoms with van der Waals surface area (Å²) in [5.74, 6) is -0.0863. The third-order valence-corrected chi connectivity index (χ3v) is 12.0. The first-order valence-electron chi connectivity index (χ1n) is 17.0. The van der Waals surface area contributed by atoms with Gasteiger partial charge in [-0.1, -0.05) is 39.8 Å². The Hall–Kier alpha value is -4.86. The molecule has 0 saturated heterocycles. The zero-order valence-electron chi connectivity index (χ0n) is 29.8. The van der Waals surface area contributed by atoms with Gasteiger partial charge < -0.3 is 25.4 Å². The van der Waals surface area contributed by atoms with E-state index in [1.165, 1.54) is 7.11 Å². The summed E-state index contributed by atoms with van der Waals surface area (Å²) in [6.45, 7) is 4.45. The summed E-state index contributed by atoms with van der Waals surface area (Å²) in [6.07, 6.45) is 6.24. The van der Waals surface area contributed by atoms with Crippen LogP contribution in [0.15, 0.2) is 71.0 Å². The van der Waals surface area contributed by atoms with Crippen molar-refractivity contribution in [1.29, 1.82) is 0 Å². The minimum Gasteiger partial charge on any atom is -0.493 e. The van der Waals surface area contributed by atoms with Crippen molar-refractivity contribution in [2.75, 3.05) is 40.8 Å². The second-order valence-corrected chi connectivity index (χ2v) is 17.0. The van der Waals surface area contributed by atoms with Crippen molar-refractivity contribution in [3.63, 3.8) is 0 Å². The third kappa shape index (κ3) is 9.39. The minimum atomic E-state index is -0.425. The van der Waals surface area contributed by atoms with E-state index in [1.54, 1.807) is 74.5 Å². The Balaban J connectivity index is 0.952. The topological polar surface area (TPSA) is 151 Å². The van der Waals surface area contributed by atoms with E-state index in [2.05, 4.69) is 39.8 Å². The highest BCUT2D eigenvalue weighted by Crippen LogP contribution is 2.41. The van der Waals surface area contributed by atoms with E-state index in [4.69, 9.17) is 9.47 Å². The Bertz CT molecular complexity index is 2030. The van der Waals surface area contributed by atoms with Gasteiger partial charge in [-0.3, -0.25) is 29.1 Å². The van der Waals surface area contributed by atoms with Crippen molar-refractivity contribution in [2.24, 2.45) is 4.99 Å². The molecule has 53 heavy (non-hydrogen) atoms. The number of nitrogens with one attached hydrogen (secondary N) is 3. The number of rotatable bonds is 15. The fraction of sp³-hybridized carbons (Fsp3) is 0.316.